The van der Waals surface area contributed by atoms with Gasteiger partial charge in [0.2, 0.25) is 5.95 Å². The van der Waals surface area contributed by atoms with Crippen LogP contribution in [0.25, 0.3) is 22.4 Å². The van der Waals surface area contributed by atoms with Crippen LogP contribution in [0.3, 0.4) is 0 Å². The SMILES string of the molecule is COc1ccc([N+](=O)[O-])cc1-c1ccc(/C=N\Nc2nc3ccccc3[nH]2)o1. The Kier molecular flexibility index (Phi) is 4.47. The van der Waals surface area contributed by atoms with E-state index in [0.717, 1.165) is 11.0 Å². The molecule has 0 saturated carbocycles. The average Bonchev–Trinajstić information content (AvgIpc) is 3.34. The molecular weight excluding hydrogens is 362 g/mol. The number of rotatable bonds is 6. The van der Waals surface area contributed by atoms with Crippen molar-refractivity contribution >= 4 is 28.9 Å². The lowest BCUT2D eigenvalue weighted by molar-refractivity contribution is -0.384. The zero-order chi connectivity index (χ0) is 19.5. The van der Waals surface area contributed by atoms with Gasteiger partial charge in [0.05, 0.1) is 34.8 Å². The van der Waals surface area contributed by atoms with Gasteiger partial charge in [-0.2, -0.15) is 5.10 Å². The Hall–Kier alpha value is -4.14. The lowest BCUT2D eigenvalue weighted by atomic mass is 10.1. The number of para-hydroxylation sites is 2. The maximum atomic E-state index is 11.0. The van der Waals surface area contributed by atoms with E-state index in [4.69, 9.17) is 9.15 Å². The van der Waals surface area contributed by atoms with Crippen molar-refractivity contribution in [3.63, 3.8) is 0 Å². The number of H-pyrrole nitrogens is 1. The van der Waals surface area contributed by atoms with Crippen molar-refractivity contribution in [1.82, 2.24) is 9.97 Å². The summed E-state index contributed by atoms with van der Waals surface area (Å²) in [4.78, 5) is 18.0. The minimum Gasteiger partial charge on any atom is -0.496 e. The highest BCUT2D eigenvalue weighted by Gasteiger charge is 2.15. The number of nitro groups is 1. The zero-order valence-corrected chi connectivity index (χ0v) is 14.7. The Morgan fingerprint density at radius 3 is 2.89 bits per heavy atom. The van der Waals surface area contributed by atoms with Gasteiger partial charge in [0, 0.05) is 12.1 Å². The maximum Gasteiger partial charge on any atom is 0.270 e. The second-order valence-corrected chi connectivity index (χ2v) is 5.82. The number of methoxy groups -OCH3 is 1. The molecule has 2 N–H and O–H groups in total. The Balaban J connectivity index is 1.53. The van der Waals surface area contributed by atoms with Gasteiger partial charge in [-0.1, -0.05) is 12.1 Å². The third kappa shape index (κ3) is 3.40. The summed E-state index contributed by atoms with van der Waals surface area (Å²) >= 11 is 0. The highest BCUT2D eigenvalue weighted by atomic mass is 16.6. The van der Waals surface area contributed by atoms with E-state index < -0.39 is 4.92 Å². The van der Waals surface area contributed by atoms with Gasteiger partial charge in [0.25, 0.3) is 5.69 Å². The number of benzene rings is 2. The van der Waals surface area contributed by atoms with Crippen molar-refractivity contribution in [2.75, 3.05) is 12.5 Å². The molecule has 4 aromatic rings. The number of nitro benzene ring substituents is 1. The first-order chi connectivity index (χ1) is 13.6. The number of aromatic amines is 1. The summed E-state index contributed by atoms with van der Waals surface area (Å²) in [6, 6.07) is 15.4. The fourth-order valence-corrected chi connectivity index (χ4v) is 2.73. The predicted molar refractivity (Wildman–Crippen MR) is 105 cm³/mol. The lowest BCUT2D eigenvalue weighted by Gasteiger charge is -2.05. The molecule has 0 fully saturated rings. The van der Waals surface area contributed by atoms with Gasteiger partial charge in [0.15, 0.2) is 0 Å². The van der Waals surface area contributed by atoms with Crippen LogP contribution in [-0.2, 0) is 0 Å². The maximum absolute atomic E-state index is 11.0. The molecule has 0 aliphatic rings. The van der Waals surface area contributed by atoms with Crippen LogP contribution in [0.2, 0.25) is 0 Å². The Morgan fingerprint density at radius 1 is 1.25 bits per heavy atom. The van der Waals surface area contributed by atoms with E-state index >= 15 is 0 Å². The normalized spacial score (nSPS) is 11.2. The van der Waals surface area contributed by atoms with Crippen LogP contribution in [0.15, 0.2) is 64.1 Å². The second kappa shape index (κ2) is 7.23. The summed E-state index contributed by atoms with van der Waals surface area (Å²) in [6.07, 6.45) is 1.49. The number of furan rings is 1. The standard InChI is InChI=1S/C19H15N5O4/c1-27-17-8-6-12(24(25)26)10-14(17)18-9-7-13(28-18)11-20-23-19-21-15-4-2-3-5-16(15)22-19/h2-11H,1H3,(H2,21,22,23)/b20-11-. The van der Waals surface area contributed by atoms with Crippen molar-refractivity contribution < 1.29 is 14.1 Å². The van der Waals surface area contributed by atoms with Crippen LogP contribution in [0.1, 0.15) is 5.76 Å². The summed E-state index contributed by atoms with van der Waals surface area (Å²) < 4.78 is 11.0. The number of hydrogen-bond donors (Lipinski definition) is 2. The molecule has 140 valence electrons. The van der Waals surface area contributed by atoms with E-state index in [1.54, 1.807) is 12.1 Å². The molecule has 0 atom stereocenters. The largest absolute Gasteiger partial charge is 0.496 e. The molecule has 0 aliphatic carbocycles. The summed E-state index contributed by atoms with van der Waals surface area (Å²) in [7, 11) is 1.49. The minimum absolute atomic E-state index is 0.0473. The second-order valence-electron chi connectivity index (χ2n) is 5.82. The van der Waals surface area contributed by atoms with Crippen molar-refractivity contribution in [2.45, 2.75) is 0 Å². The average molecular weight is 377 g/mol. The molecule has 2 aromatic heterocycles. The van der Waals surface area contributed by atoms with Crippen molar-refractivity contribution in [2.24, 2.45) is 5.10 Å². The van der Waals surface area contributed by atoms with Crippen LogP contribution >= 0.6 is 0 Å². The molecule has 0 saturated heterocycles. The molecule has 2 aromatic carbocycles. The summed E-state index contributed by atoms with van der Waals surface area (Å²) in [6.45, 7) is 0. The zero-order valence-electron chi connectivity index (χ0n) is 14.7. The quantitative estimate of drug-likeness (QED) is 0.295. The number of aromatic nitrogens is 2. The number of nitrogens with zero attached hydrogens (tertiary/aromatic N) is 3. The van der Waals surface area contributed by atoms with Gasteiger partial charge in [-0.05, 0) is 30.3 Å². The predicted octanol–water partition coefficient (Wildman–Crippen LogP) is 4.19. The van der Waals surface area contributed by atoms with Gasteiger partial charge < -0.3 is 14.1 Å². The fourth-order valence-electron chi connectivity index (χ4n) is 2.73. The van der Waals surface area contributed by atoms with Gasteiger partial charge in [-0.25, -0.2) is 10.4 Å². The lowest BCUT2D eigenvalue weighted by Crippen LogP contribution is -1.92. The number of non-ortho nitro benzene ring substituents is 1. The van der Waals surface area contributed by atoms with E-state index in [1.807, 2.05) is 24.3 Å². The number of hydrazone groups is 1. The molecule has 9 nitrogen and oxygen atoms in total. The van der Waals surface area contributed by atoms with Crippen molar-refractivity contribution in [1.29, 1.82) is 0 Å². The molecular formula is C19H15N5O4. The summed E-state index contributed by atoms with van der Waals surface area (Å²) in [5.41, 5.74) is 4.98. The Labute approximate surface area is 158 Å². The fraction of sp³-hybridized carbons (Fsp3) is 0.0526. The monoisotopic (exact) mass is 377 g/mol. The van der Waals surface area contributed by atoms with Crippen LogP contribution in [0.4, 0.5) is 11.6 Å². The van der Waals surface area contributed by atoms with Crippen LogP contribution in [0, 0.1) is 10.1 Å². The van der Waals surface area contributed by atoms with Gasteiger partial charge in [-0.15, -0.1) is 0 Å². The van der Waals surface area contributed by atoms with Crippen molar-refractivity contribution in [3.05, 3.63) is 70.5 Å². The molecule has 0 amide bonds. The molecule has 0 bridgehead atoms. The number of fused-ring (bicyclic) bond motifs is 1. The smallest absolute Gasteiger partial charge is 0.270 e. The van der Waals surface area contributed by atoms with Crippen molar-refractivity contribution in [3.8, 4) is 17.1 Å². The van der Waals surface area contributed by atoms with E-state index in [0.29, 0.717) is 28.8 Å². The molecule has 9 heteroatoms. The topological polar surface area (TPSA) is 119 Å². The minimum atomic E-state index is -0.467. The number of imidazole rings is 1. The van der Waals surface area contributed by atoms with Crippen LogP contribution in [0.5, 0.6) is 5.75 Å². The first-order valence-electron chi connectivity index (χ1n) is 8.30. The summed E-state index contributed by atoms with van der Waals surface area (Å²) in [5.74, 6) is 1.88. The van der Waals surface area contributed by atoms with E-state index in [1.165, 1.54) is 31.5 Å². The Morgan fingerprint density at radius 2 is 2.11 bits per heavy atom. The molecule has 0 radical (unpaired) electrons. The van der Waals surface area contributed by atoms with Crippen LogP contribution < -0.4 is 10.2 Å². The molecule has 2 heterocycles. The highest BCUT2D eigenvalue weighted by molar-refractivity contribution is 5.80. The third-order valence-corrected chi connectivity index (χ3v) is 4.04. The first-order valence-corrected chi connectivity index (χ1v) is 8.30. The van der Waals surface area contributed by atoms with E-state index in [-0.39, 0.29) is 5.69 Å². The first kappa shape index (κ1) is 17.3. The Bertz CT molecular complexity index is 1150. The highest BCUT2D eigenvalue weighted by Crippen LogP contribution is 2.34. The van der Waals surface area contributed by atoms with Gasteiger partial charge >= 0.3 is 0 Å². The molecule has 0 unspecified atom stereocenters. The van der Waals surface area contributed by atoms with Gasteiger partial charge in [0.1, 0.15) is 17.3 Å². The summed E-state index contributed by atoms with van der Waals surface area (Å²) in [5, 5.41) is 15.1. The van der Waals surface area contributed by atoms with E-state index in [9.17, 15) is 10.1 Å². The molecule has 4 rings (SSSR count). The number of nitrogens with one attached hydrogen (secondary N) is 2. The number of anilines is 1. The number of hydrogen-bond acceptors (Lipinski definition) is 7. The van der Waals surface area contributed by atoms with Crippen LogP contribution in [-0.4, -0.2) is 28.2 Å². The number of ether oxygens (including phenoxy) is 1. The van der Waals surface area contributed by atoms with E-state index in [2.05, 4.69) is 20.5 Å². The molecule has 28 heavy (non-hydrogen) atoms. The molecule has 0 spiro atoms. The molecule has 0 aliphatic heterocycles. The van der Waals surface area contributed by atoms with Gasteiger partial charge in [-0.3, -0.25) is 10.1 Å². The third-order valence-electron chi connectivity index (χ3n) is 4.04.